The van der Waals surface area contributed by atoms with Gasteiger partial charge in [0.05, 0.1) is 31.7 Å². The van der Waals surface area contributed by atoms with Crippen molar-refractivity contribution in [1.82, 2.24) is 9.80 Å². The van der Waals surface area contributed by atoms with E-state index in [2.05, 4.69) is 10.3 Å². The van der Waals surface area contributed by atoms with E-state index < -0.39 is 0 Å². The summed E-state index contributed by atoms with van der Waals surface area (Å²) in [6.07, 6.45) is 4.19. The normalized spacial score (nSPS) is 24.8. The van der Waals surface area contributed by atoms with Crippen molar-refractivity contribution in [2.75, 3.05) is 32.8 Å². The average molecular weight is 346 g/mol. The monoisotopic (exact) mass is 346 g/mol. The Balaban J connectivity index is 1.36. The van der Waals surface area contributed by atoms with E-state index in [0.29, 0.717) is 12.3 Å². The van der Waals surface area contributed by atoms with Crippen molar-refractivity contribution in [3.8, 4) is 0 Å². The highest BCUT2D eigenvalue weighted by molar-refractivity contribution is 7.07. The maximum absolute atomic E-state index is 12.5. The Morgan fingerprint density at radius 3 is 3.00 bits per heavy atom. The summed E-state index contributed by atoms with van der Waals surface area (Å²) in [4.78, 5) is 16.9. The third-order valence-electron chi connectivity index (χ3n) is 4.89. The largest absolute Gasteiger partial charge is 0.472 e. The molecule has 2 fully saturated rings. The number of thiophene rings is 1. The van der Waals surface area contributed by atoms with Crippen molar-refractivity contribution in [3.05, 3.63) is 46.5 Å². The molecule has 1 amide bonds. The first-order valence-corrected chi connectivity index (χ1v) is 9.36. The minimum absolute atomic E-state index is 0.172. The molecule has 6 heteroatoms. The molecular formula is C18H22N2O3S. The number of nitrogens with zero attached hydrogens (tertiary/aromatic N) is 2. The second-order valence-corrected chi connectivity index (χ2v) is 7.42. The van der Waals surface area contributed by atoms with Gasteiger partial charge in [0.15, 0.2) is 0 Å². The molecule has 0 N–H and O–H groups in total. The van der Waals surface area contributed by atoms with Crippen LogP contribution in [0.2, 0.25) is 0 Å². The maximum atomic E-state index is 12.5. The smallest absolute Gasteiger partial charge is 0.227 e. The zero-order chi connectivity index (χ0) is 16.4. The van der Waals surface area contributed by atoms with Crippen LogP contribution in [0.15, 0.2) is 39.8 Å². The minimum Gasteiger partial charge on any atom is -0.472 e. The zero-order valence-electron chi connectivity index (χ0n) is 13.6. The van der Waals surface area contributed by atoms with E-state index in [0.717, 1.165) is 44.9 Å². The number of carbonyl (C=O) groups excluding carboxylic acids is 1. The molecule has 5 nitrogen and oxygen atoms in total. The molecule has 4 heterocycles. The van der Waals surface area contributed by atoms with Crippen LogP contribution in [0.4, 0.5) is 0 Å². The topological polar surface area (TPSA) is 45.9 Å². The number of rotatable bonds is 4. The van der Waals surface area contributed by atoms with Crippen LogP contribution >= 0.6 is 11.3 Å². The van der Waals surface area contributed by atoms with E-state index in [-0.39, 0.29) is 12.0 Å². The predicted octanol–water partition coefficient (Wildman–Crippen LogP) is 2.24. The standard InChI is InChI=1S/C18H22N2O3S/c21-18(7-14-2-6-24-13-14)20-10-16-9-19(3-5-23-17(16)11-20)8-15-1-4-22-12-15/h1-2,4,6,12-13,16-17H,3,5,7-11H2/t16-,17+/m0/s1. The molecule has 2 aliphatic rings. The van der Waals surface area contributed by atoms with E-state index in [1.54, 1.807) is 23.9 Å². The van der Waals surface area contributed by atoms with Gasteiger partial charge in [-0.1, -0.05) is 0 Å². The lowest BCUT2D eigenvalue weighted by molar-refractivity contribution is -0.130. The first kappa shape index (κ1) is 15.9. The van der Waals surface area contributed by atoms with Gasteiger partial charge in [-0.3, -0.25) is 9.69 Å². The summed E-state index contributed by atoms with van der Waals surface area (Å²) in [5.41, 5.74) is 2.30. The average Bonchev–Trinajstić information content (AvgIpc) is 3.29. The molecule has 0 aromatic carbocycles. The lowest BCUT2D eigenvalue weighted by Crippen LogP contribution is -2.34. The number of likely N-dealkylation sites (tertiary alicyclic amines) is 1. The molecule has 2 aromatic rings. The summed E-state index contributed by atoms with van der Waals surface area (Å²) >= 11 is 1.64. The van der Waals surface area contributed by atoms with Crippen molar-refractivity contribution in [3.63, 3.8) is 0 Å². The molecule has 2 saturated heterocycles. The summed E-state index contributed by atoms with van der Waals surface area (Å²) in [6, 6.07) is 4.04. The lowest BCUT2D eigenvalue weighted by atomic mass is 10.1. The quantitative estimate of drug-likeness (QED) is 0.852. The van der Waals surface area contributed by atoms with Crippen molar-refractivity contribution in [1.29, 1.82) is 0 Å². The molecule has 4 rings (SSSR count). The lowest BCUT2D eigenvalue weighted by Gasteiger charge is -2.22. The number of ether oxygens (including phenoxy) is 1. The summed E-state index contributed by atoms with van der Waals surface area (Å²) in [7, 11) is 0. The molecule has 24 heavy (non-hydrogen) atoms. The second kappa shape index (κ2) is 7.09. The van der Waals surface area contributed by atoms with Gasteiger partial charge in [0.25, 0.3) is 0 Å². The first-order valence-electron chi connectivity index (χ1n) is 8.42. The SMILES string of the molecule is O=C(Cc1ccsc1)N1C[C@@H]2CN(Cc3ccoc3)CCO[C@@H]2C1. The highest BCUT2D eigenvalue weighted by atomic mass is 32.1. The van der Waals surface area contributed by atoms with Crippen molar-refractivity contribution >= 4 is 17.2 Å². The third kappa shape index (κ3) is 3.55. The first-order chi connectivity index (χ1) is 11.8. The Morgan fingerprint density at radius 1 is 1.25 bits per heavy atom. The predicted molar refractivity (Wildman–Crippen MR) is 91.8 cm³/mol. The van der Waals surface area contributed by atoms with Gasteiger partial charge < -0.3 is 14.1 Å². The third-order valence-corrected chi connectivity index (χ3v) is 5.62. The molecule has 0 spiro atoms. The molecule has 0 radical (unpaired) electrons. The van der Waals surface area contributed by atoms with Crippen LogP contribution in [-0.4, -0.2) is 54.6 Å². The minimum atomic E-state index is 0.172. The Labute approximate surface area is 145 Å². The van der Waals surface area contributed by atoms with Gasteiger partial charge in [0, 0.05) is 44.2 Å². The second-order valence-electron chi connectivity index (χ2n) is 6.64. The van der Waals surface area contributed by atoms with Gasteiger partial charge >= 0.3 is 0 Å². The van der Waals surface area contributed by atoms with E-state index in [1.165, 1.54) is 5.56 Å². The highest BCUT2D eigenvalue weighted by Crippen LogP contribution is 2.25. The van der Waals surface area contributed by atoms with Gasteiger partial charge in [-0.2, -0.15) is 11.3 Å². The van der Waals surface area contributed by atoms with Crippen LogP contribution in [0.3, 0.4) is 0 Å². The van der Waals surface area contributed by atoms with Crippen LogP contribution in [0.25, 0.3) is 0 Å². The van der Waals surface area contributed by atoms with Gasteiger partial charge in [-0.25, -0.2) is 0 Å². The van der Waals surface area contributed by atoms with Gasteiger partial charge in [0.1, 0.15) is 0 Å². The zero-order valence-corrected chi connectivity index (χ0v) is 14.4. The fraction of sp³-hybridized carbons (Fsp3) is 0.500. The van der Waals surface area contributed by atoms with E-state index in [1.807, 2.05) is 22.4 Å². The van der Waals surface area contributed by atoms with Crippen LogP contribution in [0.1, 0.15) is 11.1 Å². The fourth-order valence-corrected chi connectivity index (χ4v) is 4.30. The van der Waals surface area contributed by atoms with Crippen LogP contribution < -0.4 is 0 Å². The fourth-order valence-electron chi connectivity index (χ4n) is 3.63. The molecule has 2 aliphatic heterocycles. The van der Waals surface area contributed by atoms with Gasteiger partial charge in [-0.05, 0) is 28.5 Å². The Kier molecular flexibility index (Phi) is 4.69. The summed E-state index contributed by atoms with van der Waals surface area (Å²) in [5, 5.41) is 4.07. The van der Waals surface area contributed by atoms with Gasteiger partial charge in [0.2, 0.25) is 5.91 Å². The summed E-state index contributed by atoms with van der Waals surface area (Å²) < 4.78 is 11.2. The summed E-state index contributed by atoms with van der Waals surface area (Å²) in [6.45, 7) is 5.04. The Hall–Kier alpha value is -1.63. The van der Waals surface area contributed by atoms with Crippen molar-refractivity contribution in [2.45, 2.75) is 19.1 Å². The summed E-state index contributed by atoms with van der Waals surface area (Å²) in [5.74, 6) is 0.609. The molecule has 0 aliphatic carbocycles. The van der Waals surface area contributed by atoms with Gasteiger partial charge in [-0.15, -0.1) is 0 Å². The molecule has 2 aromatic heterocycles. The maximum Gasteiger partial charge on any atom is 0.227 e. The van der Waals surface area contributed by atoms with Crippen molar-refractivity contribution < 1.29 is 13.9 Å². The number of hydrogen-bond donors (Lipinski definition) is 0. The van der Waals surface area contributed by atoms with E-state index in [9.17, 15) is 4.79 Å². The molecular weight excluding hydrogens is 324 g/mol. The Bertz CT molecular complexity index is 656. The highest BCUT2D eigenvalue weighted by Gasteiger charge is 2.38. The molecule has 128 valence electrons. The van der Waals surface area contributed by atoms with E-state index >= 15 is 0 Å². The van der Waals surface area contributed by atoms with Crippen LogP contribution in [0, 0.1) is 5.92 Å². The molecule has 2 atom stereocenters. The van der Waals surface area contributed by atoms with E-state index in [4.69, 9.17) is 9.15 Å². The number of furan rings is 1. The molecule has 0 unspecified atom stereocenters. The molecule has 0 bridgehead atoms. The number of amides is 1. The van der Waals surface area contributed by atoms with Crippen molar-refractivity contribution in [2.24, 2.45) is 5.92 Å². The Morgan fingerprint density at radius 2 is 2.21 bits per heavy atom. The number of hydrogen-bond acceptors (Lipinski definition) is 5. The number of carbonyl (C=O) groups is 1. The number of fused-ring (bicyclic) bond motifs is 1. The molecule has 0 saturated carbocycles. The van der Waals surface area contributed by atoms with Crippen LogP contribution in [0.5, 0.6) is 0 Å². The van der Waals surface area contributed by atoms with Crippen LogP contribution in [-0.2, 0) is 22.5 Å².